The molecule has 0 spiro atoms. The van der Waals surface area contributed by atoms with E-state index >= 15 is 0 Å². The van der Waals surface area contributed by atoms with Gasteiger partial charge in [0.05, 0.1) is 19.9 Å². The van der Waals surface area contributed by atoms with Gasteiger partial charge in [-0.1, -0.05) is 23.7 Å². The van der Waals surface area contributed by atoms with Crippen molar-refractivity contribution in [1.82, 2.24) is 30.8 Å². The van der Waals surface area contributed by atoms with E-state index in [1.54, 1.807) is 19.3 Å². The number of rotatable bonds is 8. The van der Waals surface area contributed by atoms with Gasteiger partial charge in [0.1, 0.15) is 24.5 Å². The lowest BCUT2D eigenvalue weighted by Crippen LogP contribution is -2.43. The number of hydrogen-bond acceptors (Lipinski definition) is 10. The molecule has 0 saturated carbocycles. The van der Waals surface area contributed by atoms with Gasteiger partial charge in [0.25, 0.3) is 0 Å². The molecule has 2 aliphatic heterocycles. The monoisotopic (exact) mass is 527 g/mol. The molecular formula is C24H26ClN7O5. The first-order valence-electron chi connectivity index (χ1n) is 11.6. The lowest BCUT2D eigenvalue weighted by molar-refractivity contribution is -0.135. The number of aryl methyl sites for hydroxylation is 1. The molecule has 5 rings (SSSR count). The van der Waals surface area contributed by atoms with Crippen molar-refractivity contribution in [3.63, 3.8) is 0 Å². The maximum Gasteiger partial charge on any atom is 0.311 e. The van der Waals surface area contributed by atoms with Crippen LogP contribution in [0.2, 0.25) is 5.02 Å². The van der Waals surface area contributed by atoms with Crippen LogP contribution in [0.1, 0.15) is 47.8 Å². The summed E-state index contributed by atoms with van der Waals surface area (Å²) in [5.41, 5.74) is 8.19. The van der Waals surface area contributed by atoms with E-state index in [1.807, 2.05) is 47.9 Å². The third-order valence-corrected chi connectivity index (χ3v) is 6.41. The number of carboxylic acid groups (broad SMARTS) is 1. The largest absolute Gasteiger partial charge is 0.493 e. The van der Waals surface area contributed by atoms with Crippen LogP contribution in [0.5, 0.6) is 11.5 Å². The molecule has 194 valence electrons. The van der Waals surface area contributed by atoms with Gasteiger partial charge in [-0.2, -0.15) is 0 Å². The SMILES string of the molecule is COc1cccc(C2OC(CCN3NN=C(CC(=O)O)N3)c3nnc(C)n3-c3ccc(Cl)cc32)c1OC. The molecule has 3 N–H and O–H groups in total. The second-order valence-corrected chi connectivity index (χ2v) is 8.95. The summed E-state index contributed by atoms with van der Waals surface area (Å²) in [4.78, 5) is 11.0. The molecule has 3 heterocycles. The Morgan fingerprint density at radius 1 is 1.19 bits per heavy atom. The lowest BCUT2D eigenvalue weighted by Gasteiger charge is -2.26. The average Bonchev–Trinajstić information content (AvgIpc) is 3.46. The first-order chi connectivity index (χ1) is 17.9. The Morgan fingerprint density at radius 3 is 2.78 bits per heavy atom. The molecule has 3 aromatic rings. The van der Waals surface area contributed by atoms with Gasteiger partial charge >= 0.3 is 5.97 Å². The molecule has 13 heteroatoms. The number of hydrazone groups is 1. The number of nitrogens with zero attached hydrogens (tertiary/aromatic N) is 5. The molecule has 2 unspecified atom stereocenters. The minimum absolute atomic E-state index is 0.218. The number of carbonyl (C=O) groups is 1. The second kappa shape index (κ2) is 10.2. The molecule has 0 fully saturated rings. The zero-order chi connectivity index (χ0) is 26.1. The molecule has 0 bridgehead atoms. The Labute approximate surface area is 217 Å². The number of amidine groups is 1. The van der Waals surface area contributed by atoms with Crippen molar-refractivity contribution < 1.29 is 24.1 Å². The minimum Gasteiger partial charge on any atom is -0.493 e. The third-order valence-electron chi connectivity index (χ3n) is 6.17. The summed E-state index contributed by atoms with van der Waals surface area (Å²) in [6.07, 6.45) is -0.813. The summed E-state index contributed by atoms with van der Waals surface area (Å²) >= 11 is 6.46. The molecule has 0 radical (unpaired) electrons. The van der Waals surface area contributed by atoms with Crippen molar-refractivity contribution in [1.29, 1.82) is 0 Å². The highest BCUT2D eigenvalue weighted by Gasteiger charge is 2.35. The highest BCUT2D eigenvalue weighted by Crippen LogP contribution is 2.46. The van der Waals surface area contributed by atoms with Gasteiger partial charge in [-0.05, 0) is 37.6 Å². The number of halogens is 1. The first-order valence-corrected chi connectivity index (χ1v) is 11.9. The van der Waals surface area contributed by atoms with E-state index in [0.29, 0.717) is 47.0 Å². The van der Waals surface area contributed by atoms with Crippen LogP contribution >= 0.6 is 11.6 Å². The number of fused-ring (bicyclic) bond motifs is 3. The molecule has 1 aromatic heterocycles. The molecule has 0 aliphatic carbocycles. The Morgan fingerprint density at radius 2 is 2.03 bits per heavy atom. The van der Waals surface area contributed by atoms with Crippen molar-refractivity contribution in [2.75, 3.05) is 20.8 Å². The fourth-order valence-corrected chi connectivity index (χ4v) is 4.76. The van der Waals surface area contributed by atoms with Crippen LogP contribution < -0.4 is 20.4 Å². The van der Waals surface area contributed by atoms with Gasteiger partial charge in [-0.25, -0.2) is 5.53 Å². The second-order valence-electron chi connectivity index (χ2n) is 8.51. The number of nitrogens with one attached hydrogen (secondary N) is 2. The first kappa shape index (κ1) is 24.8. The molecule has 0 saturated heterocycles. The van der Waals surface area contributed by atoms with Crippen LogP contribution in [0.15, 0.2) is 41.5 Å². The summed E-state index contributed by atoms with van der Waals surface area (Å²) in [6, 6.07) is 11.3. The number of hydrazine groups is 2. The number of benzene rings is 2. The molecular weight excluding hydrogens is 502 g/mol. The van der Waals surface area contributed by atoms with Crippen molar-refractivity contribution in [3.8, 4) is 17.2 Å². The summed E-state index contributed by atoms with van der Waals surface area (Å²) < 4.78 is 20.0. The summed E-state index contributed by atoms with van der Waals surface area (Å²) in [7, 11) is 3.18. The standard InChI is InChI=1S/C24H26ClN7O5/c1-13-26-28-24-19(9-10-31-29-20(27-30-31)12-21(33)34)37-22(15-5-4-6-18(35-2)23(15)36-3)16-11-14(25)7-8-17(16)32(13)24/h4-8,11,19,22,30H,9-10,12H2,1-3H3,(H,27,29)(H,33,34). The lowest BCUT2D eigenvalue weighted by atomic mass is 9.98. The van der Waals surface area contributed by atoms with E-state index < -0.39 is 18.2 Å². The molecule has 12 nitrogen and oxygen atoms in total. The van der Waals surface area contributed by atoms with E-state index in [1.165, 1.54) is 0 Å². The maximum atomic E-state index is 11.0. The van der Waals surface area contributed by atoms with Gasteiger partial charge in [-0.15, -0.1) is 20.4 Å². The van der Waals surface area contributed by atoms with Crippen LogP contribution in [-0.4, -0.2) is 57.6 Å². The number of carboxylic acids is 1. The highest BCUT2D eigenvalue weighted by molar-refractivity contribution is 6.30. The van der Waals surface area contributed by atoms with Crippen molar-refractivity contribution >= 4 is 23.4 Å². The number of hydrogen-bond donors (Lipinski definition) is 3. The van der Waals surface area contributed by atoms with Gasteiger partial charge in [0.15, 0.2) is 23.2 Å². The zero-order valence-corrected chi connectivity index (χ0v) is 21.2. The highest BCUT2D eigenvalue weighted by atomic mass is 35.5. The van der Waals surface area contributed by atoms with E-state index in [9.17, 15) is 4.79 Å². The minimum atomic E-state index is -0.975. The van der Waals surface area contributed by atoms with Crippen LogP contribution in [-0.2, 0) is 9.53 Å². The predicted octanol–water partition coefficient (Wildman–Crippen LogP) is 2.91. The number of ether oxygens (including phenoxy) is 3. The van der Waals surface area contributed by atoms with Crippen LogP contribution in [0.3, 0.4) is 0 Å². The molecule has 2 aromatic carbocycles. The Balaban J connectivity index is 1.53. The quantitative estimate of drug-likeness (QED) is 0.401. The fraction of sp³-hybridized carbons (Fsp3) is 0.333. The topological polar surface area (TPSA) is 135 Å². The number of para-hydroxylation sites is 1. The third kappa shape index (κ3) is 4.78. The van der Waals surface area contributed by atoms with Crippen molar-refractivity contribution in [2.45, 2.75) is 32.0 Å². The van der Waals surface area contributed by atoms with Crippen LogP contribution in [0.25, 0.3) is 5.69 Å². The number of methoxy groups -OCH3 is 2. The summed E-state index contributed by atoms with van der Waals surface area (Å²) in [5.74, 6) is 1.82. The van der Waals surface area contributed by atoms with E-state index in [0.717, 1.165) is 16.8 Å². The Bertz CT molecular complexity index is 1360. The Kier molecular flexibility index (Phi) is 6.87. The predicted molar refractivity (Wildman–Crippen MR) is 134 cm³/mol. The zero-order valence-electron chi connectivity index (χ0n) is 20.4. The van der Waals surface area contributed by atoms with Gasteiger partial charge in [0.2, 0.25) is 0 Å². The van der Waals surface area contributed by atoms with Crippen LogP contribution in [0, 0.1) is 6.92 Å². The summed E-state index contributed by atoms with van der Waals surface area (Å²) in [6.45, 7) is 2.30. The smallest absolute Gasteiger partial charge is 0.311 e. The number of aliphatic carboxylic acids is 1. The van der Waals surface area contributed by atoms with E-state index in [4.69, 9.17) is 30.9 Å². The maximum absolute atomic E-state index is 11.0. The molecule has 2 aliphatic rings. The van der Waals surface area contributed by atoms with E-state index in [-0.39, 0.29) is 6.42 Å². The van der Waals surface area contributed by atoms with Crippen LogP contribution in [0.4, 0.5) is 0 Å². The summed E-state index contributed by atoms with van der Waals surface area (Å²) in [5, 5.41) is 24.0. The molecule has 37 heavy (non-hydrogen) atoms. The van der Waals surface area contributed by atoms with Crippen molar-refractivity contribution in [2.24, 2.45) is 5.10 Å². The van der Waals surface area contributed by atoms with E-state index in [2.05, 4.69) is 26.3 Å². The normalized spacial score (nSPS) is 18.6. The average molecular weight is 528 g/mol. The van der Waals surface area contributed by atoms with Gasteiger partial charge < -0.3 is 19.3 Å². The van der Waals surface area contributed by atoms with Crippen molar-refractivity contribution in [3.05, 3.63) is 64.2 Å². The number of aromatic nitrogens is 3. The Hall–Kier alpha value is -3.87. The fourth-order valence-electron chi connectivity index (χ4n) is 4.58. The van der Waals surface area contributed by atoms with Gasteiger partial charge in [-0.3, -0.25) is 14.8 Å². The van der Waals surface area contributed by atoms with Gasteiger partial charge in [0, 0.05) is 22.7 Å². The molecule has 2 atom stereocenters. The molecule has 0 amide bonds.